The van der Waals surface area contributed by atoms with Crippen molar-refractivity contribution in [3.8, 4) is 5.75 Å². The maximum absolute atomic E-state index is 11.7. The zero-order chi connectivity index (χ0) is 14.8. The van der Waals surface area contributed by atoms with Gasteiger partial charge >= 0.3 is 0 Å². The average Bonchev–Trinajstić information content (AvgIpc) is 2.49. The number of benzene rings is 1. The number of ether oxygens (including phenoxy) is 1. The van der Waals surface area contributed by atoms with Crippen molar-refractivity contribution >= 4 is 11.8 Å². The molecule has 110 valence electrons. The highest BCUT2D eigenvalue weighted by Gasteiger charge is 2.10. The highest BCUT2D eigenvalue weighted by molar-refractivity contribution is 5.85. The lowest BCUT2D eigenvalue weighted by molar-refractivity contribution is -0.132. The Labute approximate surface area is 119 Å². The first kappa shape index (κ1) is 16.0. The van der Waals surface area contributed by atoms with Crippen LogP contribution in [0.25, 0.3) is 0 Å². The number of carbonyl (C=O) groups excluding carboxylic acids is 2. The zero-order valence-electron chi connectivity index (χ0n) is 11.9. The fraction of sp³-hybridized carbons (Fsp3) is 0.429. The number of nitrogens with zero attached hydrogens (tertiary/aromatic N) is 1. The summed E-state index contributed by atoms with van der Waals surface area (Å²) in [5.41, 5.74) is 0. The number of hydrogen-bond acceptors (Lipinski definition) is 4. The molecule has 6 heteroatoms. The molecule has 0 aliphatic carbocycles. The molecule has 20 heavy (non-hydrogen) atoms. The minimum absolute atomic E-state index is 0.0167. The van der Waals surface area contributed by atoms with Crippen LogP contribution in [0.5, 0.6) is 5.75 Å². The Bertz CT molecular complexity index is 423. The summed E-state index contributed by atoms with van der Waals surface area (Å²) in [6.07, 6.45) is 0. The second-order valence-electron chi connectivity index (χ2n) is 4.30. The molecule has 0 radical (unpaired) electrons. The minimum Gasteiger partial charge on any atom is -0.484 e. The maximum Gasteiger partial charge on any atom is 0.258 e. The third-order valence-electron chi connectivity index (χ3n) is 2.67. The Hall–Kier alpha value is -2.08. The van der Waals surface area contributed by atoms with Crippen LogP contribution in [0.2, 0.25) is 0 Å². The van der Waals surface area contributed by atoms with Crippen LogP contribution in [0.4, 0.5) is 0 Å². The number of likely N-dealkylation sites (N-methyl/N-ethyl adjacent to an activating group) is 2. The van der Waals surface area contributed by atoms with Crippen LogP contribution in [0.15, 0.2) is 30.3 Å². The van der Waals surface area contributed by atoms with E-state index in [2.05, 4.69) is 10.6 Å². The summed E-state index contributed by atoms with van der Waals surface area (Å²) < 4.78 is 5.28. The smallest absolute Gasteiger partial charge is 0.258 e. The van der Waals surface area contributed by atoms with Crippen molar-refractivity contribution in [2.24, 2.45) is 0 Å². The molecular weight excluding hydrogens is 258 g/mol. The van der Waals surface area contributed by atoms with Crippen LogP contribution in [-0.2, 0) is 9.59 Å². The lowest BCUT2D eigenvalue weighted by atomic mass is 10.3. The predicted octanol–water partition coefficient (Wildman–Crippen LogP) is -0.141. The van der Waals surface area contributed by atoms with E-state index in [1.807, 2.05) is 25.2 Å². The predicted molar refractivity (Wildman–Crippen MR) is 76.5 cm³/mol. The van der Waals surface area contributed by atoms with E-state index in [0.717, 1.165) is 0 Å². The fourth-order valence-corrected chi connectivity index (χ4v) is 1.43. The van der Waals surface area contributed by atoms with E-state index >= 15 is 0 Å². The van der Waals surface area contributed by atoms with Crippen LogP contribution in [0, 0.1) is 0 Å². The molecule has 0 bridgehead atoms. The number of para-hydroxylation sites is 1. The Balaban J connectivity index is 2.21. The molecule has 0 saturated carbocycles. The van der Waals surface area contributed by atoms with Gasteiger partial charge in [0.15, 0.2) is 6.61 Å². The number of amides is 2. The monoisotopic (exact) mass is 279 g/mol. The van der Waals surface area contributed by atoms with Gasteiger partial charge in [0.2, 0.25) is 5.91 Å². The molecule has 0 heterocycles. The van der Waals surface area contributed by atoms with Crippen LogP contribution in [0.1, 0.15) is 0 Å². The van der Waals surface area contributed by atoms with E-state index in [4.69, 9.17) is 4.74 Å². The summed E-state index contributed by atoms with van der Waals surface area (Å²) in [5, 5.41) is 5.49. The van der Waals surface area contributed by atoms with Crippen molar-refractivity contribution in [1.29, 1.82) is 0 Å². The van der Waals surface area contributed by atoms with Crippen molar-refractivity contribution < 1.29 is 14.3 Å². The van der Waals surface area contributed by atoms with Crippen molar-refractivity contribution in [2.75, 3.05) is 40.3 Å². The lowest BCUT2D eigenvalue weighted by Gasteiger charge is -2.17. The molecule has 2 amide bonds. The standard InChI is InChI=1S/C14H21N3O3/c1-15-8-9-17(2)14(19)10-16-13(18)11-20-12-6-4-3-5-7-12/h3-7,15H,8-11H2,1-2H3,(H,16,18). The molecule has 0 unspecified atom stereocenters. The van der Waals surface area contributed by atoms with Gasteiger partial charge in [0.1, 0.15) is 5.75 Å². The van der Waals surface area contributed by atoms with Gasteiger partial charge in [0, 0.05) is 20.1 Å². The van der Waals surface area contributed by atoms with E-state index in [1.54, 1.807) is 24.1 Å². The Morgan fingerprint density at radius 2 is 1.95 bits per heavy atom. The van der Waals surface area contributed by atoms with Gasteiger partial charge in [-0.3, -0.25) is 9.59 Å². The van der Waals surface area contributed by atoms with Gasteiger partial charge in [0.05, 0.1) is 6.54 Å². The third-order valence-corrected chi connectivity index (χ3v) is 2.67. The molecule has 0 saturated heterocycles. The highest BCUT2D eigenvalue weighted by Crippen LogP contribution is 2.07. The van der Waals surface area contributed by atoms with Gasteiger partial charge in [-0.15, -0.1) is 0 Å². The summed E-state index contributed by atoms with van der Waals surface area (Å²) >= 11 is 0. The molecule has 0 spiro atoms. The van der Waals surface area contributed by atoms with Crippen molar-refractivity contribution in [3.63, 3.8) is 0 Å². The van der Waals surface area contributed by atoms with Crippen LogP contribution >= 0.6 is 0 Å². The van der Waals surface area contributed by atoms with Crippen molar-refractivity contribution in [2.45, 2.75) is 0 Å². The first-order valence-corrected chi connectivity index (χ1v) is 6.46. The summed E-state index contributed by atoms with van der Waals surface area (Å²) in [7, 11) is 3.52. The van der Waals surface area contributed by atoms with Gasteiger partial charge < -0.3 is 20.3 Å². The quantitative estimate of drug-likeness (QED) is 0.695. The SMILES string of the molecule is CNCCN(C)C(=O)CNC(=O)COc1ccccc1. The van der Waals surface area contributed by atoms with Gasteiger partial charge in [-0.2, -0.15) is 0 Å². The second-order valence-corrected chi connectivity index (χ2v) is 4.30. The van der Waals surface area contributed by atoms with Crippen LogP contribution in [-0.4, -0.2) is 57.1 Å². The summed E-state index contributed by atoms with van der Waals surface area (Å²) in [5.74, 6) is 0.178. The van der Waals surface area contributed by atoms with E-state index in [0.29, 0.717) is 18.8 Å². The molecule has 1 aromatic carbocycles. The Morgan fingerprint density at radius 3 is 2.60 bits per heavy atom. The Morgan fingerprint density at radius 1 is 1.25 bits per heavy atom. The van der Waals surface area contributed by atoms with Gasteiger partial charge in [-0.1, -0.05) is 18.2 Å². The number of nitrogens with one attached hydrogen (secondary N) is 2. The van der Waals surface area contributed by atoms with Gasteiger partial charge in [-0.25, -0.2) is 0 Å². The van der Waals surface area contributed by atoms with Crippen LogP contribution in [0.3, 0.4) is 0 Å². The van der Waals surface area contributed by atoms with Gasteiger partial charge in [0.25, 0.3) is 5.91 Å². The minimum atomic E-state index is -0.316. The largest absolute Gasteiger partial charge is 0.484 e. The molecule has 1 aromatic rings. The number of rotatable bonds is 8. The topological polar surface area (TPSA) is 70.7 Å². The Kier molecular flexibility index (Phi) is 7.13. The lowest BCUT2D eigenvalue weighted by Crippen LogP contribution is -2.41. The van der Waals surface area contributed by atoms with E-state index in [-0.39, 0.29) is 25.0 Å². The number of hydrogen-bond donors (Lipinski definition) is 2. The molecule has 0 aliphatic rings. The fourth-order valence-electron chi connectivity index (χ4n) is 1.43. The van der Waals surface area contributed by atoms with E-state index < -0.39 is 0 Å². The first-order chi connectivity index (χ1) is 9.63. The molecule has 0 aromatic heterocycles. The molecule has 0 aliphatic heterocycles. The molecular formula is C14H21N3O3. The van der Waals surface area contributed by atoms with E-state index in [9.17, 15) is 9.59 Å². The highest BCUT2D eigenvalue weighted by atomic mass is 16.5. The first-order valence-electron chi connectivity index (χ1n) is 6.46. The zero-order valence-corrected chi connectivity index (χ0v) is 11.9. The molecule has 0 fully saturated rings. The average molecular weight is 279 g/mol. The second kappa shape index (κ2) is 8.92. The third kappa shape index (κ3) is 6.19. The summed E-state index contributed by atoms with van der Waals surface area (Å²) in [4.78, 5) is 24.8. The van der Waals surface area contributed by atoms with Crippen LogP contribution < -0.4 is 15.4 Å². The van der Waals surface area contributed by atoms with Crippen molar-refractivity contribution in [1.82, 2.24) is 15.5 Å². The molecule has 6 nitrogen and oxygen atoms in total. The maximum atomic E-state index is 11.7. The number of carbonyl (C=O) groups is 2. The summed E-state index contributed by atoms with van der Waals surface area (Å²) in [6.45, 7) is 1.20. The molecule has 2 N–H and O–H groups in total. The van der Waals surface area contributed by atoms with Crippen molar-refractivity contribution in [3.05, 3.63) is 30.3 Å². The molecule has 1 rings (SSSR count). The summed E-state index contributed by atoms with van der Waals surface area (Å²) in [6, 6.07) is 9.06. The molecule has 0 atom stereocenters. The van der Waals surface area contributed by atoms with Gasteiger partial charge in [-0.05, 0) is 19.2 Å². The van der Waals surface area contributed by atoms with E-state index in [1.165, 1.54) is 0 Å². The normalized spacial score (nSPS) is 9.90.